The lowest BCUT2D eigenvalue weighted by Crippen LogP contribution is -2.40. The number of aryl methyl sites for hydroxylation is 1. The summed E-state index contributed by atoms with van der Waals surface area (Å²) in [4.78, 5) is 0. The molecule has 2 unspecified atom stereocenters. The minimum absolute atomic E-state index is 0.297. The quantitative estimate of drug-likeness (QED) is 0.784. The van der Waals surface area contributed by atoms with Gasteiger partial charge in [-0.1, -0.05) is 36.8 Å². The summed E-state index contributed by atoms with van der Waals surface area (Å²) in [6.45, 7) is 7.16. The number of benzene rings is 1. The van der Waals surface area contributed by atoms with Gasteiger partial charge < -0.3 is 10.1 Å². The van der Waals surface area contributed by atoms with Gasteiger partial charge in [-0.3, -0.25) is 0 Å². The van der Waals surface area contributed by atoms with E-state index in [9.17, 15) is 0 Å². The van der Waals surface area contributed by atoms with E-state index in [4.69, 9.17) is 4.74 Å². The molecule has 96 valence electrons. The van der Waals surface area contributed by atoms with Gasteiger partial charge in [0.15, 0.2) is 0 Å². The number of hydrogen-bond donors (Lipinski definition) is 1. The molecule has 1 N–H and O–H groups in total. The first-order valence-electron chi connectivity index (χ1n) is 6.55. The first kappa shape index (κ1) is 14.2. The van der Waals surface area contributed by atoms with Crippen molar-refractivity contribution in [3.8, 4) is 0 Å². The fourth-order valence-electron chi connectivity index (χ4n) is 2.25. The topological polar surface area (TPSA) is 21.3 Å². The van der Waals surface area contributed by atoms with Crippen molar-refractivity contribution in [2.24, 2.45) is 0 Å². The lowest BCUT2D eigenvalue weighted by Gasteiger charge is -2.26. The molecule has 1 aromatic carbocycles. The summed E-state index contributed by atoms with van der Waals surface area (Å²) in [5, 5.41) is 3.38. The highest BCUT2D eigenvalue weighted by Crippen LogP contribution is 2.12. The summed E-state index contributed by atoms with van der Waals surface area (Å²) in [6.07, 6.45) is 2.37. The van der Waals surface area contributed by atoms with Crippen LogP contribution in [0.1, 0.15) is 31.4 Å². The van der Waals surface area contributed by atoms with Gasteiger partial charge in [-0.15, -0.1) is 0 Å². The van der Waals surface area contributed by atoms with Crippen LogP contribution in [-0.2, 0) is 11.2 Å². The average Bonchev–Trinajstić information content (AvgIpc) is 2.33. The minimum atomic E-state index is 0.297. The molecule has 0 saturated carbocycles. The van der Waals surface area contributed by atoms with E-state index in [0.29, 0.717) is 12.1 Å². The van der Waals surface area contributed by atoms with Gasteiger partial charge in [0.2, 0.25) is 0 Å². The van der Waals surface area contributed by atoms with Gasteiger partial charge in [-0.25, -0.2) is 0 Å². The van der Waals surface area contributed by atoms with E-state index in [1.165, 1.54) is 11.1 Å². The Morgan fingerprint density at radius 2 is 2.06 bits per heavy atom. The molecule has 2 heteroatoms. The Bertz CT molecular complexity index is 324. The molecule has 0 aliphatic heterocycles. The van der Waals surface area contributed by atoms with E-state index in [0.717, 1.165) is 19.4 Å². The Balaban J connectivity index is 2.68. The highest BCUT2D eigenvalue weighted by atomic mass is 16.5. The third-order valence-electron chi connectivity index (χ3n) is 3.14. The zero-order valence-electron chi connectivity index (χ0n) is 11.5. The van der Waals surface area contributed by atoms with Gasteiger partial charge in [0.05, 0.1) is 6.10 Å². The lowest BCUT2D eigenvalue weighted by atomic mass is 9.98. The molecule has 0 aliphatic carbocycles. The zero-order valence-corrected chi connectivity index (χ0v) is 11.5. The third-order valence-corrected chi connectivity index (χ3v) is 3.14. The summed E-state index contributed by atoms with van der Waals surface area (Å²) in [5.41, 5.74) is 2.70. The first-order chi connectivity index (χ1) is 8.21. The van der Waals surface area contributed by atoms with Crippen LogP contribution in [0.25, 0.3) is 0 Å². The zero-order chi connectivity index (χ0) is 12.7. The van der Waals surface area contributed by atoms with E-state index in [1.807, 2.05) is 7.05 Å². The van der Waals surface area contributed by atoms with Crippen LogP contribution >= 0.6 is 0 Å². The van der Waals surface area contributed by atoms with Crippen molar-refractivity contribution in [1.82, 2.24) is 5.32 Å². The van der Waals surface area contributed by atoms with Crippen LogP contribution in [0.15, 0.2) is 24.3 Å². The van der Waals surface area contributed by atoms with Gasteiger partial charge in [0.25, 0.3) is 0 Å². The SMILES string of the molecule is CCOC(CC)C(Cc1cccc(C)c1)NC. The Hall–Kier alpha value is -0.860. The Morgan fingerprint density at radius 1 is 1.29 bits per heavy atom. The molecule has 0 fully saturated rings. The maximum absolute atomic E-state index is 5.78. The molecule has 2 atom stereocenters. The Kier molecular flexibility index (Phi) is 6.23. The van der Waals surface area contributed by atoms with Gasteiger partial charge >= 0.3 is 0 Å². The molecule has 0 saturated heterocycles. The molecule has 1 aromatic rings. The Labute approximate surface area is 105 Å². The van der Waals surface area contributed by atoms with Gasteiger partial charge in [0, 0.05) is 12.6 Å². The summed E-state index contributed by atoms with van der Waals surface area (Å²) < 4.78 is 5.78. The third kappa shape index (κ3) is 4.49. The van der Waals surface area contributed by atoms with E-state index < -0.39 is 0 Å². The highest BCUT2D eigenvalue weighted by Gasteiger charge is 2.18. The largest absolute Gasteiger partial charge is 0.377 e. The lowest BCUT2D eigenvalue weighted by molar-refractivity contribution is 0.0339. The number of rotatable bonds is 7. The molecule has 0 radical (unpaired) electrons. The van der Waals surface area contributed by atoms with Crippen LogP contribution in [0.3, 0.4) is 0 Å². The number of hydrogen-bond acceptors (Lipinski definition) is 2. The molecule has 0 bridgehead atoms. The monoisotopic (exact) mass is 235 g/mol. The average molecular weight is 235 g/mol. The van der Waals surface area contributed by atoms with E-state index in [2.05, 4.69) is 50.4 Å². The fraction of sp³-hybridized carbons (Fsp3) is 0.600. The molecular weight excluding hydrogens is 210 g/mol. The second-order valence-corrected chi connectivity index (χ2v) is 4.49. The fourth-order valence-corrected chi connectivity index (χ4v) is 2.25. The second-order valence-electron chi connectivity index (χ2n) is 4.49. The molecule has 0 heterocycles. The van der Waals surface area contributed by atoms with Crippen molar-refractivity contribution in [3.05, 3.63) is 35.4 Å². The van der Waals surface area contributed by atoms with Gasteiger partial charge in [-0.2, -0.15) is 0 Å². The normalized spacial score (nSPS) is 14.6. The maximum Gasteiger partial charge on any atom is 0.0728 e. The maximum atomic E-state index is 5.78. The molecule has 0 spiro atoms. The van der Waals surface area contributed by atoms with Crippen molar-refractivity contribution in [1.29, 1.82) is 0 Å². The summed E-state index contributed by atoms with van der Waals surface area (Å²) >= 11 is 0. The van der Waals surface area contributed by atoms with Crippen LogP contribution in [0.2, 0.25) is 0 Å². The molecule has 17 heavy (non-hydrogen) atoms. The van der Waals surface area contributed by atoms with Crippen LogP contribution in [-0.4, -0.2) is 25.8 Å². The van der Waals surface area contributed by atoms with Gasteiger partial charge in [-0.05, 0) is 39.3 Å². The van der Waals surface area contributed by atoms with Crippen LogP contribution < -0.4 is 5.32 Å². The smallest absolute Gasteiger partial charge is 0.0728 e. The van der Waals surface area contributed by atoms with Crippen molar-refractivity contribution in [2.45, 2.75) is 45.8 Å². The molecule has 2 nitrogen and oxygen atoms in total. The van der Waals surface area contributed by atoms with Crippen molar-refractivity contribution in [2.75, 3.05) is 13.7 Å². The van der Waals surface area contributed by atoms with E-state index in [1.54, 1.807) is 0 Å². The van der Waals surface area contributed by atoms with Crippen molar-refractivity contribution in [3.63, 3.8) is 0 Å². The predicted molar refractivity (Wildman–Crippen MR) is 73.4 cm³/mol. The second kappa shape index (κ2) is 7.46. The number of likely N-dealkylation sites (N-methyl/N-ethyl adjacent to an activating group) is 1. The summed E-state index contributed by atoms with van der Waals surface area (Å²) in [7, 11) is 2.02. The Morgan fingerprint density at radius 3 is 2.59 bits per heavy atom. The molecule has 0 aromatic heterocycles. The van der Waals surface area contributed by atoms with Gasteiger partial charge in [0.1, 0.15) is 0 Å². The van der Waals surface area contributed by atoms with Crippen LogP contribution in [0, 0.1) is 6.92 Å². The standard InChI is InChI=1S/C15H25NO/c1-5-15(17-6-2)14(16-4)11-13-9-7-8-12(3)10-13/h7-10,14-16H,5-6,11H2,1-4H3. The molecule has 0 aliphatic rings. The van der Waals surface area contributed by atoms with Crippen LogP contribution in [0.5, 0.6) is 0 Å². The molecule has 1 rings (SSSR count). The minimum Gasteiger partial charge on any atom is -0.377 e. The van der Waals surface area contributed by atoms with Crippen molar-refractivity contribution < 1.29 is 4.74 Å². The summed E-state index contributed by atoms with van der Waals surface area (Å²) in [5.74, 6) is 0. The van der Waals surface area contributed by atoms with E-state index >= 15 is 0 Å². The van der Waals surface area contributed by atoms with Crippen LogP contribution in [0.4, 0.5) is 0 Å². The van der Waals surface area contributed by atoms with E-state index in [-0.39, 0.29) is 0 Å². The highest BCUT2D eigenvalue weighted by molar-refractivity contribution is 5.23. The number of nitrogens with one attached hydrogen (secondary N) is 1. The summed E-state index contributed by atoms with van der Waals surface area (Å²) in [6, 6.07) is 9.09. The number of ether oxygens (including phenoxy) is 1. The van der Waals surface area contributed by atoms with Crippen molar-refractivity contribution >= 4 is 0 Å². The first-order valence-corrected chi connectivity index (χ1v) is 6.55. The molecule has 0 amide bonds. The predicted octanol–water partition coefficient (Wildman–Crippen LogP) is 2.94. The molecular formula is C15H25NO.